The maximum atomic E-state index is 2.73. The van der Waals surface area contributed by atoms with Gasteiger partial charge in [0, 0.05) is 0 Å². The molecule has 0 amide bonds. The molecule has 0 radical (unpaired) electrons. The highest BCUT2D eigenvalue weighted by molar-refractivity contribution is 5.44. The Balaban J connectivity index is 1.65. The molecule has 0 spiro atoms. The van der Waals surface area contributed by atoms with Crippen molar-refractivity contribution in [1.82, 2.24) is 0 Å². The molecule has 0 N–H and O–H groups in total. The maximum absolute atomic E-state index is 2.73. The van der Waals surface area contributed by atoms with Crippen LogP contribution in [-0.2, 0) is 0 Å². The SMILES string of the molecule is CCC(C)c1cc(C)c(C(CC(C)C2CCC2)C2CCC2)cc1C1CCC1. The predicted molar refractivity (Wildman–Crippen MR) is 118 cm³/mol. The van der Waals surface area contributed by atoms with Gasteiger partial charge in [0.25, 0.3) is 0 Å². The van der Waals surface area contributed by atoms with Gasteiger partial charge in [-0.15, -0.1) is 0 Å². The highest BCUT2D eigenvalue weighted by Gasteiger charge is 2.35. The molecule has 0 saturated heterocycles. The number of aryl methyl sites for hydroxylation is 1. The molecule has 0 aliphatic heterocycles. The van der Waals surface area contributed by atoms with Crippen molar-refractivity contribution in [3.63, 3.8) is 0 Å². The molecule has 3 saturated carbocycles. The summed E-state index contributed by atoms with van der Waals surface area (Å²) in [6.45, 7) is 9.78. The summed E-state index contributed by atoms with van der Waals surface area (Å²) >= 11 is 0. The minimum absolute atomic E-state index is 0.712. The van der Waals surface area contributed by atoms with Gasteiger partial charge in [-0.05, 0) is 103 Å². The lowest BCUT2D eigenvalue weighted by atomic mass is 9.65. The summed E-state index contributed by atoms with van der Waals surface area (Å²) < 4.78 is 0. The molecule has 3 aliphatic carbocycles. The second-order valence-corrected chi connectivity index (χ2v) is 10.5. The second kappa shape index (κ2) is 8.30. The van der Waals surface area contributed by atoms with E-state index in [2.05, 4.69) is 39.8 Å². The lowest BCUT2D eigenvalue weighted by Crippen LogP contribution is -2.27. The second-order valence-electron chi connectivity index (χ2n) is 10.5. The maximum Gasteiger partial charge on any atom is -0.0128 e. The topological polar surface area (TPSA) is 0 Å². The molecule has 0 heterocycles. The molecule has 4 rings (SSSR count). The smallest absolute Gasteiger partial charge is 0.0128 e. The summed E-state index contributed by atoms with van der Waals surface area (Å²) in [6, 6.07) is 5.36. The summed E-state index contributed by atoms with van der Waals surface area (Å²) in [5, 5.41) is 0. The summed E-state index contributed by atoms with van der Waals surface area (Å²) in [6.07, 6.45) is 15.9. The monoisotopic (exact) mass is 366 g/mol. The van der Waals surface area contributed by atoms with E-state index in [9.17, 15) is 0 Å². The molecule has 1 aromatic carbocycles. The Kier molecular flexibility index (Phi) is 6.00. The number of rotatable bonds is 8. The molecule has 3 unspecified atom stereocenters. The van der Waals surface area contributed by atoms with E-state index in [0.29, 0.717) is 5.92 Å². The van der Waals surface area contributed by atoms with E-state index in [0.717, 1.165) is 29.6 Å². The van der Waals surface area contributed by atoms with Gasteiger partial charge in [-0.25, -0.2) is 0 Å². The zero-order valence-corrected chi connectivity index (χ0v) is 18.4. The standard InChI is InChI=1S/C27H42/c1-5-18(2)24-16-20(4)25(17-27(24)23-13-8-14-23)26(22-11-7-12-22)15-19(3)21-9-6-10-21/h16-19,21-23,26H,5-15H2,1-4H3. The quantitative estimate of drug-likeness (QED) is 0.432. The van der Waals surface area contributed by atoms with Crippen molar-refractivity contribution in [2.24, 2.45) is 17.8 Å². The first kappa shape index (κ1) is 19.5. The molecule has 0 heteroatoms. The highest BCUT2D eigenvalue weighted by Crippen LogP contribution is 2.49. The summed E-state index contributed by atoms with van der Waals surface area (Å²) in [5.74, 6) is 5.32. The minimum Gasteiger partial charge on any atom is -0.0648 e. The zero-order valence-electron chi connectivity index (χ0n) is 18.4. The van der Waals surface area contributed by atoms with Crippen molar-refractivity contribution in [3.05, 3.63) is 34.4 Å². The summed E-state index contributed by atoms with van der Waals surface area (Å²) in [5.41, 5.74) is 6.78. The van der Waals surface area contributed by atoms with E-state index in [1.54, 1.807) is 22.3 Å². The Hall–Kier alpha value is -0.780. The van der Waals surface area contributed by atoms with Crippen molar-refractivity contribution in [1.29, 1.82) is 0 Å². The molecule has 3 atom stereocenters. The predicted octanol–water partition coefficient (Wildman–Crippen LogP) is 8.49. The van der Waals surface area contributed by atoms with Gasteiger partial charge in [0.05, 0.1) is 0 Å². The van der Waals surface area contributed by atoms with E-state index in [1.165, 1.54) is 70.6 Å². The van der Waals surface area contributed by atoms with Crippen molar-refractivity contribution in [3.8, 4) is 0 Å². The number of benzene rings is 1. The van der Waals surface area contributed by atoms with Gasteiger partial charge < -0.3 is 0 Å². The van der Waals surface area contributed by atoms with Crippen LogP contribution in [0.4, 0.5) is 0 Å². The fourth-order valence-electron chi connectivity index (χ4n) is 5.90. The van der Waals surface area contributed by atoms with Crippen LogP contribution in [0.15, 0.2) is 12.1 Å². The Morgan fingerprint density at radius 1 is 0.852 bits per heavy atom. The van der Waals surface area contributed by atoms with Crippen LogP contribution >= 0.6 is 0 Å². The van der Waals surface area contributed by atoms with Gasteiger partial charge in [0.1, 0.15) is 0 Å². The van der Waals surface area contributed by atoms with E-state index < -0.39 is 0 Å². The lowest BCUT2D eigenvalue weighted by Gasteiger charge is -2.40. The van der Waals surface area contributed by atoms with Crippen LogP contribution in [0.2, 0.25) is 0 Å². The average Bonchev–Trinajstić information content (AvgIpc) is 2.49. The molecular formula is C27H42. The van der Waals surface area contributed by atoms with Crippen LogP contribution in [-0.4, -0.2) is 0 Å². The third kappa shape index (κ3) is 3.88. The van der Waals surface area contributed by atoms with E-state index in [-0.39, 0.29) is 0 Å². The first-order valence-electron chi connectivity index (χ1n) is 12.2. The van der Waals surface area contributed by atoms with Gasteiger partial charge in [-0.3, -0.25) is 0 Å². The first-order valence-corrected chi connectivity index (χ1v) is 12.2. The molecule has 1 aromatic rings. The van der Waals surface area contributed by atoms with E-state index in [1.807, 2.05) is 0 Å². The van der Waals surface area contributed by atoms with Crippen LogP contribution in [0.3, 0.4) is 0 Å². The van der Waals surface area contributed by atoms with Gasteiger partial charge in [-0.1, -0.05) is 65.0 Å². The average molecular weight is 367 g/mol. The van der Waals surface area contributed by atoms with Gasteiger partial charge in [0.15, 0.2) is 0 Å². The van der Waals surface area contributed by atoms with Crippen LogP contribution in [0.25, 0.3) is 0 Å². The molecular weight excluding hydrogens is 324 g/mol. The zero-order chi connectivity index (χ0) is 19.0. The van der Waals surface area contributed by atoms with Crippen LogP contribution in [0, 0.1) is 24.7 Å². The Morgan fingerprint density at radius 3 is 1.96 bits per heavy atom. The minimum atomic E-state index is 0.712. The largest absolute Gasteiger partial charge is 0.0648 e. The van der Waals surface area contributed by atoms with Crippen LogP contribution in [0.5, 0.6) is 0 Å². The Bertz CT molecular complexity index is 630. The van der Waals surface area contributed by atoms with Crippen molar-refractivity contribution < 1.29 is 0 Å². The number of hydrogen-bond donors (Lipinski definition) is 0. The molecule has 0 nitrogen and oxygen atoms in total. The van der Waals surface area contributed by atoms with Crippen molar-refractivity contribution in [2.45, 2.75) is 116 Å². The molecule has 150 valence electrons. The van der Waals surface area contributed by atoms with Gasteiger partial charge >= 0.3 is 0 Å². The fraction of sp³-hybridized carbons (Fsp3) is 0.778. The summed E-state index contributed by atoms with van der Waals surface area (Å²) in [4.78, 5) is 0. The molecule has 3 fully saturated rings. The van der Waals surface area contributed by atoms with Gasteiger partial charge in [0.2, 0.25) is 0 Å². The van der Waals surface area contributed by atoms with Crippen molar-refractivity contribution in [2.75, 3.05) is 0 Å². The molecule has 0 bridgehead atoms. The van der Waals surface area contributed by atoms with Crippen LogP contribution < -0.4 is 0 Å². The normalized spacial score (nSPS) is 24.6. The third-order valence-electron chi connectivity index (χ3n) is 8.86. The fourth-order valence-corrected chi connectivity index (χ4v) is 5.90. The van der Waals surface area contributed by atoms with E-state index >= 15 is 0 Å². The van der Waals surface area contributed by atoms with E-state index in [4.69, 9.17) is 0 Å². The Morgan fingerprint density at radius 2 is 1.48 bits per heavy atom. The third-order valence-corrected chi connectivity index (χ3v) is 8.86. The lowest BCUT2D eigenvalue weighted by molar-refractivity contribution is 0.165. The molecule has 3 aliphatic rings. The highest BCUT2D eigenvalue weighted by atomic mass is 14.4. The van der Waals surface area contributed by atoms with Crippen LogP contribution in [0.1, 0.15) is 131 Å². The van der Waals surface area contributed by atoms with Crippen molar-refractivity contribution >= 4 is 0 Å². The molecule has 27 heavy (non-hydrogen) atoms. The first-order chi connectivity index (χ1) is 13.1. The summed E-state index contributed by atoms with van der Waals surface area (Å²) in [7, 11) is 0. The Labute approximate surface area is 168 Å². The number of hydrogen-bond acceptors (Lipinski definition) is 0. The van der Waals surface area contributed by atoms with Gasteiger partial charge in [-0.2, -0.15) is 0 Å². The molecule has 0 aromatic heterocycles.